The molecule has 0 aliphatic carbocycles. The fourth-order valence-electron chi connectivity index (χ4n) is 1.44. The standard InChI is InChI=1S/C14H29S2/c1-6-13(5)16-14(7-2)9-8-10-15-11-12(3)4/h12-14H,2,6-11H2,1,3-5H3. The quantitative estimate of drug-likeness (QED) is 0.491. The average molecular weight is 262 g/mol. The maximum Gasteiger partial charge on any atom is 0.00500 e. The molecule has 0 aliphatic heterocycles. The largest absolute Gasteiger partial charge is 0.162 e. The lowest BCUT2D eigenvalue weighted by Crippen LogP contribution is -2.07. The third kappa shape index (κ3) is 9.89. The lowest BCUT2D eigenvalue weighted by atomic mass is 10.2. The Morgan fingerprint density at radius 3 is 2.38 bits per heavy atom. The molecule has 0 amide bonds. The Labute approximate surface area is 112 Å². The van der Waals surface area contributed by atoms with Crippen molar-refractivity contribution in [2.45, 2.75) is 63.9 Å². The molecule has 2 unspecified atom stereocenters. The summed E-state index contributed by atoms with van der Waals surface area (Å²) in [6.07, 6.45) is 5.08. The zero-order valence-corrected chi connectivity index (χ0v) is 13.1. The van der Waals surface area contributed by atoms with E-state index in [4.69, 9.17) is 0 Å². The van der Waals surface area contributed by atoms with Gasteiger partial charge in [0.1, 0.15) is 0 Å². The van der Waals surface area contributed by atoms with Crippen LogP contribution in [0.5, 0.6) is 0 Å². The van der Waals surface area contributed by atoms with Crippen molar-refractivity contribution in [2.75, 3.05) is 11.5 Å². The third-order valence-electron chi connectivity index (χ3n) is 2.59. The van der Waals surface area contributed by atoms with E-state index in [2.05, 4.69) is 58.1 Å². The number of rotatable bonds is 10. The van der Waals surface area contributed by atoms with Crippen molar-refractivity contribution in [3.8, 4) is 0 Å². The molecule has 0 spiro atoms. The normalized spacial score (nSPS) is 15.4. The highest BCUT2D eigenvalue weighted by Crippen LogP contribution is 2.26. The first-order chi connectivity index (χ1) is 7.60. The Bertz CT molecular complexity index is 146. The second kappa shape index (κ2) is 10.8. The Balaban J connectivity index is 3.48. The Hall–Kier alpha value is 0.700. The van der Waals surface area contributed by atoms with Crippen LogP contribution in [-0.4, -0.2) is 22.0 Å². The van der Waals surface area contributed by atoms with Gasteiger partial charge in [0.05, 0.1) is 0 Å². The molecule has 0 N–H and O–H groups in total. The summed E-state index contributed by atoms with van der Waals surface area (Å²) >= 11 is 4.25. The summed E-state index contributed by atoms with van der Waals surface area (Å²) in [7, 11) is 0. The van der Waals surface area contributed by atoms with Crippen LogP contribution in [0, 0.1) is 12.8 Å². The zero-order valence-electron chi connectivity index (χ0n) is 11.5. The van der Waals surface area contributed by atoms with E-state index in [1.54, 1.807) is 0 Å². The molecule has 97 valence electrons. The van der Waals surface area contributed by atoms with Crippen LogP contribution < -0.4 is 0 Å². The Morgan fingerprint density at radius 2 is 1.88 bits per heavy atom. The molecule has 2 atom stereocenters. The summed E-state index contributed by atoms with van der Waals surface area (Å²) in [5, 5.41) is 1.59. The van der Waals surface area contributed by atoms with Crippen molar-refractivity contribution >= 4 is 23.5 Å². The fourth-order valence-corrected chi connectivity index (χ4v) is 3.73. The smallest absolute Gasteiger partial charge is 0.00500 e. The predicted octanol–water partition coefficient (Wildman–Crippen LogP) is 5.28. The molecular formula is C14H29S2. The third-order valence-corrected chi connectivity index (χ3v) is 5.72. The van der Waals surface area contributed by atoms with E-state index in [0.717, 1.165) is 22.8 Å². The molecule has 2 heteroatoms. The Kier molecular flexibility index (Phi) is 11.3. The molecule has 0 aromatic rings. The fraction of sp³-hybridized carbons (Fsp3) is 0.929. The van der Waals surface area contributed by atoms with Gasteiger partial charge in [-0.3, -0.25) is 0 Å². The van der Waals surface area contributed by atoms with Crippen LogP contribution in [0.4, 0.5) is 0 Å². The van der Waals surface area contributed by atoms with Crippen LogP contribution in [0.2, 0.25) is 0 Å². The first-order valence-corrected chi connectivity index (χ1v) is 8.72. The van der Waals surface area contributed by atoms with Gasteiger partial charge in [0.2, 0.25) is 0 Å². The summed E-state index contributed by atoms with van der Waals surface area (Å²) in [6.45, 7) is 13.3. The molecule has 0 aliphatic rings. The molecule has 0 fully saturated rings. The molecular weight excluding hydrogens is 232 g/mol. The predicted molar refractivity (Wildman–Crippen MR) is 82.5 cm³/mol. The molecule has 0 saturated carbocycles. The van der Waals surface area contributed by atoms with Gasteiger partial charge in [-0.05, 0) is 43.1 Å². The van der Waals surface area contributed by atoms with E-state index in [-0.39, 0.29) is 0 Å². The maximum absolute atomic E-state index is 4.07. The van der Waals surface area contributed by atoms with Crippen LogP contribution in [-0.2, 0) is 0 Å². The first kappa shape index (κ1) is 16.7. The molecule has 0 heterocycles. The molecule has 0 aromatic carbocycles. The SMILES string of the molecule is [CH2]CC(CCCSCC(C)C)SC(C)CC. The highest BCUT2D eigenvalue weighted by molar-refractivity contribution is 8.00. The van der Waals surface area contributed by atoms with Crippen LogP contribution >= 0.6 is 23.5 Å². The van der Waals surface area contributed by atoms with E-state index < -0.39 is 0 Å². The topological polar surface area (TPSA) is 0 Å². The van der Waals surface area contributed by atoms with Gasteiger partial charge in [-0.1, -0.05) is 34.6 Å². The van der Waals surface area contributed by atoms with Crippen LogP contribution in [0.1, 0.15) is 53.4 Å². The van der Waals surface area contributed by atoms with Crippen LogP contribution in [0.25, 0.3) is 0 Å². The van der Waals surface area contributed by atoms with Crippen molar-refractivity contribution in [1.29, 1.82) is 0 Å². The minimum atomic E-state index is 0.787. The second-order valence-corrected chi connectivity index (χ2v) is 7.77. The number of hydrogen-bond acceptors (Lipinski definition) is 2. The van der Waals surface area contributed by atoms with Gasteiger partial charge in [-0.15, -0.1) is 0 Å². The minimum absolute atomic E-state index is 0.787. The molecule has 16 heavy (non-hydrogen) atoms. The van der Waals surface area contributed by atoms with Crippen molar-refractivity contribution in [2.24, 2.45) is 5.92 Å². The van der Waals surface area contributed by atoms with Crippen LogP contribution in [0.15, 0.2) is 0 Å². The molecule has 0 bridgehead atoms. The van der Waals surface area contributed by atoms with E-state index in [9.17, 15) is 0 Å². The van der Waals surface area contributed by atoms with Gasteiger partial charge in [0.25, 0.3) is 0 Å². The van der Waals surface area contributed by atoms with Gasteiger partial charge in [0.15, 0.2) is 0 Å². The first-order valence-electron chi connectivity index (χ1n) is 6.62. The lowest BCUT2D eigenvalue weighted by Gasteiger charge is -2.18. The van der Waals surface area contributed by atoms with Crippen LogP contribution in [0.3, 0.4) is 0 Å². The summed E-state index contributed by atoms with van der Waals surface area (Å²) in [5.41, 5.74) is 0. The maximum atomic E-state index is 4.07. The van der Waals surface area contributed by atoms with E-state index in [0.29, 0.717) is 0 Å². The van der Waals surface area contributed by atoms with E-state index in [1.165, 1.54) is 30.8 Å². The van der Waals surface area contributed by atoms with Crippen molar-refractivity contribution < 1.29 is 0 Å². The Morgan fingerprint density at radius 1 is 1.19 bits per heavy atom. The lowest BCUT2D eigenvalue weighted by molar-refractivity contribution is 0.733. The molecule has 0 saturated heterocycles. The highest BCUT2D eigenvalue weighted by Gasteiger charge is 2.10. The highest BCUT2D eigenvalue weighted by atomic mass is 32.2. The van der Waals surface area contributed by atoms with E-state index in [1.807, 2.05) is 0 Å². The summed E-state index contributed by atoms with van der Waals surface area (Å²) in [6, 6.07) is 0. The van der Waals surface area contributed by atoms with Gasteiger partial charge in [-0.2, -0.15) is 23.5 Å². The summed E-state index contributed by atoms with van der Waals surface area (Å²) in [4.78, 5) is 0. The van der Waals surface area contributed by atoms with Gasteiger partial charge in [0, 0.05) is 10.5 Å². The molecule has 1 radical (unpaired) electrons. The summed E-state index contributed by atoms with van der Waals surface area (Å²) < 4.78 is 0. The van der Waals surface area contributed by atoms with Gasteiger partial charge < -0.3 is 0 Å². The number of hydrogen-bond donors (Lipinski definition) is 0. The van der Waals surface area contributed by atoms with Crippen molar-refractivity contribution in [3.63, 3.8) is 0 Å². The molecule has 0 nitrogen and oxygen atoms in total. The van der Waals surface area contributed by atoms with E-state index >= 15 is 0 Å². The summed E-state index contributed by atoms with van der Waals surface area (Å²) in [5.74, 6) is 3.48. The zero-order chi connectivity index (χ0) is 12.4. The van der Waals surface area contributed by atoms with Gasteiger partial charge >= 0.3 is 0 Å². The average Bonchev–Trinajstić information content (AvgIpc) is 2.26. The van der Waals surface area contributed by atoms with Crippen molar-refractivity contribution in [3.05, 3.63) is 6.92 Å². The number of thioether (sulfide) groups is 2. The molecule has 0 rings (SSSR count). The van der Waals surface area contributed by atoms with Crippen molar-refractivity contribution in [1.82, 2.24) is 0 Å². The monoisotopic (exact) mass is 261 g/mol. The van der Waals surface area contributed by atoms with Gasteiger partial charge in [-0.25, -0.2) is 0 Å². The molecule has 0 aromatic heterocycles. The second-order valence-electron chi connectivity index (χ2n) is 4.88. The minimum Gasteiger partial charge on any atom is -0.162 e.